The van der Waals surface area contributed by atoms with E-state index in [0.717, 1.165) is 18.4 Å². The van der Waals surface area contributed by atoms with Crippen molar-refractivity contribution < 1.29 is 18.7 Å². The van der Waals surface area contributed by atoms with Gasteiger partial charge in [-0.25, -0.2) is 4.98 Å². The smallest absolute Gasteiger partial charge is 0.254 e. The van der Waals surface area contributed by atoms with Crippen molar-refractivity contribution in [1.29, 1.82) is 0 Å². The summed E-state index contributed by atoms with van der Waals surface area (Å²) in [5.74, 6) is 0.626. The first kappa shape index (κ1) is 17.7. The number of fused-ring (bicyclic) bond motifs is 1. The van der Waals surface area contributed by atoms with Crippen LogP contribution in [0, 0.1) is 5.92 Å². The topological polar surface area (TPSA) is 84.7 Å². The maximum absolute atomic E-state index is 13.1. The fourth-order valence-electron chi connectivity index (χ4n) is 4.11. The summed E-state index contributed by atoms with van der Waals surface area (Å²) >= 11 is 0. The second-order valence-electron chi connectivity index (χ2n) is 7.04. The van der Waals surface area contributed by atoms with Gasteiger partial charge >= 0.3 is 0 Å². The Labute approximate surface area is 157 Å². The normalized spacial score (nSPS) is 24.9. The number of rotatable bonds is 3. The quantitative estimate of drug-likeness (QED) is 0.896. The van der Waals surface area contributed by atoms with Crippen LogP contribution < -0.4 is 5.32 Å². The Morgan fingerprint density at radius 2 is 2.04 bits per heavy atom. The van der Waals surface area contributed by atoms with Gasteiger partial charge in [0.15, 0.2) is 12.2 Å². The fraction of sp³-hybridized carbons (Fsp3) is 0.450. The second-order valence-corrected chi connectivity index (χ2v) is 7.04. The first-order chi connectivity index (χ1) is 13.2. The molecule has 4 rings (SSSR count). The summed E-state index contributed by atoms with van der Waals surface area (Å²) in [4.78, 5) is 31.0. The van der Waals surface area contributed by atoms with Gasteiger partial charge in [-0.15, -0.1) is 0 Å². The maximum Gasteiger partial charge on any atom is 0.254 e. The van der Waals surface area contributed by atoms with Gasteiger partial charge in [0.05, 0.1) is 24.9 Å². The van der Waals surface area contributed by atoms with Gasteiger partial charge in [-0.05, 0) is 31.4 Å². The van der Waals surface area contributed by atoms with Crippen molar-refractivity contribution >= 4 is 11.8 Å². The number of morpholine rings is 1. The van der Waals surface area contributed by atoms with Crippen LogP contribution in [0.5, 0.6) is 0 Å². The van der Waals surface area contributed by atoms with Crippen molar-refractivity contribution in [1.82, 2.24) is 15.2 Å². The minimum absolute atomic E-state index is 0.0112. The van der Waals surface area contributed by atoms with E-state index >= 15 is 0 Å². The number of ether oxygens (including phenoxy) is 1. The molecule has 2 amide bonds. The van der Waals surface area contributed by atoms with Crippen LogP contribution in [0.25, 0.3) is 11.3 Å². The molecule has 0 unspecified atom stereocenters. The summed E-state index contributed by atoms with van der Waals surface area (Å²) < 4.78 is 11.2. The van der Waals surface area contributed by atoms with Gasteiger partial charge in [0.1, 0.15) is 0 Å². The molecule has 142 valence electrons. The Kier molecular flexibility index (Phi) is 4.94. The molecule has 0 spiro atoms. The molecular weight excluding hydrogens is 346 g/mol. The number of hydrogen-bond acceptors (Lipinski definition) is 5. The highest BCUT2D eigenvalue weighted by molar-refractivity contribution is 5.95. The van der Waals surface area contributed by atoms with Gasteiger partial charge in [-0.2, -0.15) is 0 Å². The molecule has 2 aliphatic rings. The number of nitrogens with one attached hydrogen (secondary N) is 1. The Hall–Kier alpha value is -2.67. The molecule has 2 fully saturated rings. The van der Waals surface area contributed by atoms with Crippen LogP contribution in [0.15, 0.2) is 41.3 Å². The zero-order chi connectivity index (χ0) is 18.8. The Morgan fingerprint density at radius 1 is 1.22 bits per heavy atom. The van der Waals surface area contributed by atoms with Gasteiger partial charge in [0.2, 0.25) is 5.91 Å². The van der Waals surface area contributed by atoms with Gasteiger partial charge in [-0.3, -0.25) is 9.59 Å². The molecule has 1 aromatic heterocycles. The fourth-order valence-corrected chi connectivity index (χ4v) is 4.11. The second kappa shape index (κ2) is 7.52. The third-order valence-electron chi connectivity index (χ3n) is 5.55. The third-order valence-corrected chi connectivity index (χ3v) is 5.55. The lowest BCUT2D eigenvalue weighted by Crippen LogP contribution is -2.57. The number of carbonyl (C=O) groups is 2. The molecule has 3 atom stereocenters. The third kappa shape index (κ3) is 3.47. The molecular formula is C20H23N3O4. The van der Waals surface area contributed by atoms with Gasteiger partial charge in [-0.1, -0.05) is 12.1 Å². The lowest BCUT2D eigenvalue weighted by Gasteiger charge is -2.45. The van der Waals surface area contributed by atoms with Crippen LogP contribution in [0.3, 0.4) is 0 Å². The molecule has 1 N–H and O–H groups in total. The summed E-state index contributed by atoms with van der Waals surface area (Å²) in [6, 6.07) is 7.28. The van der Waals surface area contributed by atoms with E-state index in [0.29, 0.717) is 30.9 Å². The van der Waals surface area contributed by atoms with Crippen molar-refractivity contribution in [3.63, 3.8) is 0 Å². The van der Waals surface area contributed by atoms with E-state index in [1.807, 2.05) is 29.2 Å². The Bertz CT molecular complexity index is 803. The summed E-state index contributed by atoms with van der Waals surface area (Å²) in [6.07, 6.45) is 5.29. The number of benzene rings is 1. The lowest BCUT2D eigenvalue weighted by molar-refractivity contribution is -0.131. The van der Waals surface area contributed by atoms with E-state index in [-0.39, 0.29) is 29.9 Å². The van der Waals surface area contributed by atoms with E-state index in [1.54, 1.807) is 13.2 Å². The molecule has 2 heterocycles. The molecule has 7 heteroatoms. The Balaban J connectivity index is 1.52. The van der Waals surface area contributed by atoms with Crippen LogP contribution in [-0.2, 0) is 9.53 Å². The van der Waals surface area contributed by atoms with Gasteiger partial charge < -0.3 is 19.4 Å². The van der Waals surface area contributed by atoms with Crippen LogP contribution in [0.1, 0.15) is 29.6 Å². The standard InChI is InChI=1S/C20H23N3O4/c1-21-19(24)15-6-7-17-16(10-15)23(8-9-26-17)20(25)14-4-2-13(3-5-14)18-11-22-12-27-18/h2-5,11-12,15-17H,6-10H2,1H3,(H,21,24)/t15-,16+,17+/m0/s1. The summed E-state index contributed by atoms with van der Waals surface area (Å²) in [5.41, 5.74) is 1.50. The highest BCUT2D eigenvalue weighted by Gasteiger charge is 2.41. The molecule has 27 heavy (non-hydrogen) atoms. The van der Waals surface area contributed by atoms with Gasteiger partial charge in [0.25, 0.3) is 5.91 Å². The average Bonchev–Trinajstić information content (AvgIpc) is 3.27. The number of carbonyl (C=O) groups excluding carboxylic acids is 2. The van der Waals surface area contributed by atoms with Crippen molar-refractivity contribution in [3.8, 4) is 11.3 Å². The molecule has 7 nitrogen and oxygen atoms in total. The molecule has 2 aromatic rings. The molecule has 1 saturated carbocycles. The zero-order valence-corrected chi connectivity index (χ0v) is 15.3. The van der Waals surface area contributed by atoms with Crippen LogP contribution in [-0.4, -0.2) is 54.0 Å². The monoisotopic (exact) mass is 369 g/mol. The maximum atomic E-state index is 13.1. The Morgan fingerprint density at radius 3 is 2.74 bits per heavy atom. The van der Waals surface area contributed by atoms with E-state index in [2.05, 4.69) is 10.3 Å². The first-order valence-corrected chi connectivity index (χ1v) is 9.30. The number of hydrogen-bond donors (Lipinski definition) is 1. The number of nitrogens with zero attached hydrogens (tertiary/aromatic N) is 2. The predicted octanol–water partition coefficient (Wildman–Crippen LogP) is 2.10. The number of aromatic nitrogens is 1. The van der Waals surface area contributed by atoms with E-state index in [9.17, 15) is 9.59 Å². The molecule has 1 aliphatic carbocycles. The minimum atomic E-state index is -0.0675. The first-order valence-electron chi connectivity index (χ1n) is 9.30. The summed E-state index contributed by atoms with van der Waals surface area (Å²) in [6.45, 7) is 1.08. The van der Waals surface area contributed by atoms with Crippen molar-refractivity contribution in [2.75, 3.05) is 20.2 Å². The van der Waals surface area contributed by atoms with Crippen molar-refractivity contribution in [3.05, 3.63) is 42.4 Å². The molecule has 0 radical (unpaired) electrons. The minimum Gasteiger partial charge on any atom is -0.444 e. The lowest BCUT2D eigenvalue weighted by atomic mass is 9.81. The van der Waals surface area contributed by atoms with E-state index in [4.69, 9.17) is 9.15 Å². The predicted molar refractivity (Wildman–Crippen MR) is 97.9 cm³/mol. The van der Waals surface area contributed by atoms with Crippen molar-refractivity contribution in [2.45, 2.75) is 31.4 Å². The highest BCUT2D eigenvalue weighted by atomic mass is 16.5. The SMILES string of the molecule is CNC(=O)[C@H]1CC[C@H]2OCCN(C(=O)c3ccc(-c4cnco4)cc3)[C@@H]2C1. The number of oxazole rings is 1. The zero-order valence-electron chi connectivity index (χ0n) is 15.3. The average molecular weight is 369 g/mol. The van der Waals surface area contributed by atoms with E-state index in [1.165, 1.54) is 6.39 Å². The van der Waals surface area contributed by atoms with Crippen LogP contribution in [0.4, 0.5) is 0 Å². The number of amides is 2. The summed E-state index contributed by atoms with van der Waals surface area (Å²) in [7, 11) is 1.66. The van der Waals surface area contributed by atoms with Crippen LogP contribution in [0.2, 0.25) is 0 Å². The van der Waals surface area contributed by atoms with E-state index < -0.39 is 0 Å². The summed E-state index contributed by atoms with van der Waals surface area (Å²) in [5, 5.41) is 2.73. The molecule has 1 saturated heterocycles. The van der Waals surface area contributed by atoms with Gasteiger partial charge in [0, 0.05) is 30.6 Å². The van der Waals surface area contributed by atoms with Crippen LogP contribution >= 0.6 is 0 Å². The highest BCUT2D eigenvalue weighted by Crippen LogP contribution is 2.33. The molecule has 1 aliphatic heterocycles. The van der Waals surface area contributed by atoms with Crippen molar-refractivity contribution in [2.24, 2.45) is 5.92 Å². The largest absolute Gasteiger partial charge is 0.444 e. The molecule has 0 bridgehead atoms. The molecule has 1 aromatic carbocycles.